The van der Waals surface area contributed by atoms with E-state index in [1.807, 2.05) is 4.90 Å². The van der Waals surface area contributed by atoms with Gasteiger partial charge in [0.25, 0.3) is 0 Å². The average Bonchev–Trinajstić information content (AvgIpc) is 2.97. The van der Waals surface area contributed by atoms with Crippen LogP contribution in [0.25, 0.3) is 0 Å². The highest BCUT2D eigenvalue weighted by Crippen LogP contribution is 2.46. The number of rotatable bonds is 2. The molecule has 1 heterocycles. The van der Waals surface area contributed by atoms with Gasteiger partial charge in [0.05, 0.1) is 6.07 Å². The molecular formula is C16H25N3O. The standard InChI is InChI=1S/C16H25N3O/c1-13-10-16(11-13,12-17)15(20)19-8-6-18(7-9-19)14-4-2-3-5-14/h13-14H,2-11H2,1H3. The first-order chi connectivity index (χ1) is 9.64. The highest BCUT2D eigenvalue weighted by atomic mass is 16.2. The number of amides is 1. The van der Waals surface area contributed by atoms with Gasteiger partial charge in [0, 0.05) is 32.2 Å². The van der Waals surface area contributed by atoms with Crippen molar-refractivity contribution in [2.45, 2.75) is 51.5 Å². The molecule has 3 rings (SSSR count). The van der Waals surface area contributed by atoms with Gasteiger partial charge in [-0.25, -0.2) is 0 Å². The largest absolute Gasteiger partial charge is 0.339 e. The van der Waals surface area contributed by atoms with Gasteiger partial charge in [-0.05, 0) is 31.6 Å². The first-order valence-corrected chi connectivity index (χ1v) is 8.09. The van der Waals surface area contributed by atoms with Crippen molar-refractivity contribution in [2.24, 2.45) is 11.3 Å². The zero-order valence-corrected chi connectivity index (χ0v) is 12.5. The van der Waals surface area contributed by atoms with Crippen LogP contribution >= 0.6 is 0 Å². The van der Waals surface area contributed by atoms with E-state index in [0.29, 0.717) is 5.92 Å². The molecule has 0 radical (unpaired) electrons. The quantitative estimate of drug-likeness (QED) is 0.774. The van der Waals surface area contributed by atoms with E-state index in [4.69, 9.17) is 0 Å². The van der Waals surface area contributed by atoms with E-state index in [1.165, 1.54) is 25.7 Å². The van der Waals surface area contributed by atoms with Crippen LogP contribution in [-0.2, 0) is 4.79 Å². The van der Waals surface area contributed by atoms with Gasteiger partial charge in [-0.2, -0.15) is 5.26 Å². The molecule has 4 nitrogen and oxygen atoms in total. The van der Waals surface area contributed by atoms with E-state index in [-0.39, 0.29) is 5.91 Å². The lowest BCUT2D eigenvalue weighted by Gasteiger charge is -2.45. The van der Waals surface area contributed by atoms with Gasteiger partial charge in [0.2, 0.25) is 5.91 Å². The first-order valence-electron chi connectivity index (χ1n) is 8.09. The van der Waals surface area contributed by atoms with E-state index in [2.05, 4.69) is 17.9 Å². The summed E-state index contributed by atoms with van der Waals surface area (Å²) in [5.41, 5.74) is -0.686. The molecule has 1 aliphatic heterocycles. The van der Waals surface area contributed by atoms with Crippen molar-refractivity contribution in [3.05, 3.63) is 0 Å². The van der Waals surface area contributed by atoms with E-state index < -0.39 is 5.41 Å². The molecule has 0 spiro atoms. The number of carbonyl (C=O) groups is 1. The summed E-state index contributed by atoms with van der Waals surface area (Å²) < 4.78 is 0. The Labute approximate surface area is 121 Å². The smallest absolute Gasteiger partial charge is 0.243 e. The predicted octanol–water partition coefficient (Wildman–Crippen LogP) is 2.01. The summed E-state index contributed by atoms with van der Waals surface area (Å²) in [4.78, 5) is 17.1. The highest BCUT2D eigenvalue weighted by Gasteiger charge is 2.51. The molecule has 0 aromatic carbocycles. The second-order valence-corrected chi connectivity index (χ2v) is 6.97. The van der Waals surface area contributed by atoms with Crippen molar-refractivity contribution < 1.29 is 4.79 Å². The fourth-order valence-electron chi connectivity index (χ4n) is 4.31. The SMILES string of the molecule is CC1CC(C#N)(C(=O)N2CCN(C3CCCC3)CC2)C1. The van der Waals surface area contributed by atoms with Gasteiger partial charge in [-0.3, -0.25) is 9.69 Å². The van der Waals surface area contributed by atoms with Crippen LogP contribution in [0.4, 0.5) is 0 Å². The molecule has 20 heavy (non-hydrogen) atoms. The maximum absolute atomic E-state index is 12.6. The Kier molecular flexibility index (Phi) is 3.72. The number of nitriles is 1. The zero-order valence-electron chi connectivity index (χ0n) is 12.5. The number of nitrogens with zero attached hydrogens (tertiary/aromatic N) is 3. The van der Waals surface area contributed by atoms with Gasteiger partial charge in [0.1, 0.15) is 5.41 Å². The van der Waals surface area contributed by atoms with Crippen molar-refractivity contribution in [3.8, 4) is 6.07 Å². The molecule has 2 saturated carbocycles. The minimum absolute atomic E-state index is 0.101. The molecule has 3 fully saturated rings. The molecule has 0 N–H and O–H groups in total. The fraction of sp³-hybridized carbons (Fsp3) is 0.875. The fourth-order valence-corrected chi connectivity index (χ4v) is 4.31. The second-order valence-electron chi connectivity index (χ2n) is 6.97. The Bertz CT molecular complexity index is 408. The van der Waals surface area contributed by atoms with E-state index >= 15 is 0 Å². The van der Waals surface area contributed by atoms with E-state index in [9.17, 15) is 10.1 Å². The summed E-state index contributed by atoms with van der Waals surface area (Å²) in [6.45, 7) is 5.74. The molecule has 1 saturated heterocycles. The molecule has 4 heteroatoms. The third-order valence-corrected chi connectivity index (χ3v) is 5.46. The van der Waals surface area contributed by atoms with Crippen LogP contribution in [-0.4, -0.2) is 47.9 Å². The topological polar surface area (TPSA) is 47.3 Å². The summed E-state index contributed by atoms with van der Waals surface area (Å²) in [6.07, 6.45) is 6.88. The maximum Gasteiger partial charge on any atom is 0.243 e. The monoisotopic (exact) mass is 275 g/mol. The molecule has 0 bridgehead atoms. The summed E-state index contributed by atoms with van der Waals surface area (Å²) in [7, 11) is 0. The Morgan fingerprint density at radius 1 is 1.15 bits per heavy atom. The summed E-state index contributed by atoms with van der Waals surface area (Å²) >= 11 is 0. The minimum Gasteiger partial charge on any atom is -0.339 e. The molecular weight excluding hydrogens is 250 g/mol. The van der Waals surface area contributed by atoms with E-state index in [1.54, 1.807) is 0 Å². The second kappa shape index (κ2) is 5.37. The number of hydrogen-bond acceptors (Lipinski definition) is 3. The molecule has 0 aromatic heterocycles. The van der Waals surface area contributed by atoms with Gasteiger partial charge < -0.3 is 4.90 Å². The van der Waals surface area contributed by atoms with Crippen LogP contribution < -0.4 is 0 Å². The third-order valence-electron chi connectivity index (χ3n) is 5.46. The lowest BCUT2D eigenvalue weighted by Crippen LogP contribution is -2.57. The summed E-state index contributed by atoms with van der Waals surface area (Å²) in [5, 5.41) is 9.37. The van der Waals surface area contributed by atoms with Gasteiger partial charge in [-0.15, -0.1) is 0 Å². The van der Waals surface area contributed by atoms with Crippen LogP contribution in [0.5, 0.6) is 0 Å². The van der Waals surface area contributed by atoms with Crippen LogP contribution in [0, 0.1) is 22.7 Å². The van der Waals surface area contributed by atoms with Gasteiger partial charge >= 0.3 is 0 Å². The lowest BCUT2D eigenvalue weighted by atomic mass is 9.62. The van der Waals surface area contributed by atoms with Crippen LogP contribution in [0.15, 0.2) is 0 Å². The van der Waals surface area contributed by atoms with Crippen molar-refractivity contribution >= 4 is 5.91 Å². The number of carbonyl (C=O) groups excluding carboxylic acids is 1. The molecule has 0 aromatic rings. The summed E-state index contributed by atoms with van der Waals surface area (Å²) in [6, 6.07) is 3.05. The van der Waals surface area contributed by atoms with Crippen molar-refractivity contribution in [1.29, 1.82) is 5.26 Å². The van der Waals surface area contributed by atoms with Crippen molar-refractivity contribution in [1.82, 2.24) is 9.80 Å². The first kappa shape index (κ1) is 13.9. The Morgan fingerprint density at radius 3 is 2.25 bits per heavy atom. The molecule has 0 atom stereocenters. The Morgan fingerprint density at radius 2 is 1.75 bits per heavy atom. The van der Waals surface area contributed by atoms with Crippen LogP contribution in [0.2, 0.25) is 0 Å². The maximum atomic E-state index is 12.6. The molecule has 3 aliphatic rings. The summed E-state index contributed by atoms with van der Waals surface area (Å²) in [5.74, 6) is 0.627. The average molecular weight is 275 g/mol. The van der Waals surface area contributed by atoms with E-state index in [0.717, 1.165) is 45.1 Å². The normalized spacial score (nSPS) is 35.6. The zero-order chi connectivity index (χ0) is 14.2. The number of hydrogen-bond donors (Lipinski definition) is 0. The lowest BCUT2D eigenvalue weighted by molar-refractivity contribution is -0.147. The minimum atomic E-state index is -0.686. The predicted molar refractivity (Wildman–Crippen MR) is 76.9 cm³/mol. The molecule has 1 amide bonds. The van der Waals surface area contributed by atoms with Crippen molar-refractivity contribution in [2.75, 3.05) is 26.2 Å². The van der Waals surface area contributed by atoms with Gasteiger partial charge in [0.15, 0.2) is 0 Å². The highest BCUT2D eigenvalue weighted by molar-refractivity contribution is 5.86. The third kappa shape index (κ3) is 2.33. The van der Waals surface area contributed by atoms with Crippen molar-refractivity contribution in [3.63, 3.8) is 0 Å². The van der Waals surface area contributed by atoms with Crippen LogP contribution in [0.1, 0.15) is 45.4 Å². The molecule has 110 valence electrons. The van der Waals surface area contributed by atoms with Crippen LogP contribution in [0.3, 0.4) is 0 Å². The number of piperazine rings is 1. The van der Waals surface area contributed by atoms with Gasteiger partial charge in [-0.1, -0.05) is 19.8 Å². The molecule has 0 unspecified atom stereocenters. The Balaban J connectivity index is 1.55. The Hall–Kier alpha value is -1.08. The molecule has 2 aliphatic carbocycles.